The van der Waals surface area contributed by atoms with E-state index >= 15 is 0 Å². The zero-order chi connectivity index (χ0) is 22.4. The Bertz CT molecular complexity index is 810. The van der Waals surface area contributed by atoms with Crippen molar-refractivity contribution in [1.82, 2.24) is 0 Å². The first-order valence-electron chi connectivity index (χ1n) is 13.4. The molecule has 169 valence electrons. The Kier molecular flexibility index (Phi) is 8.82. The number of aryl methyl sites for hydroxylation is 2. The summed E-state index contributed by atoms with van der Waals surface area (Å²) >= 11 is 0. The Morgan fingerprint density at radius 1 is 0.581 bits per heavy atom. The van der Waals surface area contributed by atoms with E-state index in [-0.39, 0.29) is 0 Å². The van der Waals surface area contributed by atoms with Crippen LogP contribution in [0.2, 0.25) is 0 Å². The van der Waals surface area contributed by atoms with Gasteiger partial charge >= 0.3 is 0 Å². The molecule has 0 heteroatoms. The monoisotopic (exact) mass is 417 g/mol. The lowest BCUT2D eigenvalue weighted by Crippen LogP contribution is -2.07. The van der Waals surface area contributed by atoms with Gasteiger partial charge in [-0.2, -0.15) is 0 Å². The van der Waals surface area contributed by atoms with Gasteiger partial charge in [-0.25, -0.2) is 0 Å². The molecule has 0 heterocycles. The first-order chi connectivity index (χ1) is 15.1. The third kappa shape index (κ3) is 4.79. The van der Waals surface area contributed by atoms with Crippen LogP contribution in [0.15, 0.2) is 6.07 Å². The highest BCUT2D eigenvalue weighted by atomic mass is 14.3. The number of hydrogen-bond acceptors (Lipinski definition) is 0. The van der Waals surface area contributed by atoms with Crippen LogP contribution in [0.25, 0.3) is 11.1 Å². The van der Waals surface area contributed by atoms with Crippen LogP contribution in [0.5, 0.6) is 0 Å². The minimum atomic E-state index is 1.10. The van der Waals surface area contributed by atoms with Gasteiger partial charge in [-0.15, -0.1) is 0 Å². The second kappa shape index (κ2) is 11.3. The normalized spacial score (nSPS) is 12.3. The molecular weight excluding hydrogens is 372 g/mol. The van der Waals surface area contributed by atoms with E-state index in [0.29, 0.717) is 0 Å². The summed E-state index contributed by atoms with van der Waals surface area (Å²) in [7, 11) is 0. The standard InChI is InChI=1S/C31H45/c1-7-13-22-19-24-21-25-20-23(14-8-2)27(16-10-4)29(18-12-6)31(25)30(24)28(17-11-5)26(22)15-9-3/h19H,7-18,21H2,1-6H3. The molecular formula is C31H45. The van der Waals surface area contributed by atoms with Crippen LogP contribution >= 0.6 is 0 Å². The van der Waals surface area contributed by atoms with Crippen molar-refractivity contribution in [3.63, 3.8) is 0 Å². The Balaban J connectivity index is 2.34. The summed E-state index contributed by atoms with van der Waals surface area (Å²) in [5, 5.41) is 0. The summed E-state index contributed by atoms with van der Waals surface area (Å²) < 4.78 is 0. The zero-order valence-corrected chi connectivity index (χ0v) is 21.3. The highest BCUT2D eigenvalue weighted by Gasteiger charge is 2.29. The molecule has 0 nitrogen and oxygen atoms in total. The molecule has 0 saturated heterocycles. The number of hydrogen-bond donors (Lipinski definition) is 0. The van der Waals surface area contributed by atoms with E-state index in [1.54, 1.807) is 44.5 Å². The van der Waals surface area contributed by atoms with E-state index in [0.717, 1.165) is 6.42 Å². The van der Waals surface area contributed by atoms with Crippen LogP contribution in [-0.4, -0.2) is 0 Å². The lowest BCUT2D eigenvalue weighted by molar-refractivity contribution is 0.820. The molecule has 31 heavy (non-hydrogen) atoms. The Hall–Kier alpha value is -1.56. The number of benzene rings is 2. The summed E-state index contributed by atoms with van der Waals surface area (Å²) in [6, 6.07) is 6.60. The molecule has 0 fully saturated rings. The highest BCUT2D eigenvalue weighted by Crippen LogP contribution is 2.46. The molecule has 0 amide bonds. The number of fused-ring (bicyclic) bond motifs is 3. The van der Waals surface area contributed by atoms with Crippen molar-refractivity contribution in [2.75, 3.05) is 0 Å². The predicted octanol–water partition coefficient (Wildman–Crippen LogP) is 8.77. The first-order valence-corrected chi connectivity index (χ1v) is 13.4. The molecule has 0 saturated carbocycles. The molecule has 2 aromatic carbocycles. The van der Waals surface area contributed by atoms with Crippen LogP contribution in [0.1, 0.15) is 125 Å². The molecule has 1 aliphatic carbocycles. The summed E-state index contributed by atoms with van der Waals surface area (Å²) in [5.41, 5.74) is 16.2. The quantitative estimate of drug-likeness (QED) is 0.276. The molecule has 1 radical (unpaired) electrons. The molecule has 0 aromatic heterocycles. The molecule has 1 aliphatic rings. The summed E-state index contributed by atoms with van der Waals surface area (Å²) in [5.74, 6) is 0. The van der Waals surface area contributed by atoms with Gasteiger partial charge in [-0.05, 0) is 107 Å². The van der Waals surface area contributed by atoms with Crippen LogP contribution < -0.4 is 0 Å². The lowest BCUT2D eigenvalue weighted by atomic mass is 9.81. The van der Waals surface area contributed by atoms with Crippen molar-refractivity contribution in [1.29, 1.82) is 0 Å². The van der Waals surface area contributed by atoms with E-state index in [9.17, 15) is 0 Å². The van der Waals surface area contributed by atoms with Crippen LogP contribution in [0.3, 0.4) is 0 Å². The maximum absolute atomic E-state index is 4.00. The van der Waals surface area contributed by atoms with Gasteiger partial charge in [0.2, 0.25) is 0 Å². The smallest absolute Gasteiger partial charge is 0.000686 e. The van der Waals surface area contributed by atoms with Gasteiger partial charge in [0.15, 0.2) is 0 Å². The fourth-order valence-corrected chi connectivity index (χ4v) is 5.94. The van der Waals surface area contributed by atoms with Crippen molar-refractivity contribution in [2.45, 2.75) is 125 Å². The molecule has 0 N–H and O–H groups in total. The summed E-state index contributed by atoms with van der Waals surface area (Å²) in [6.45, 7) is 14.0. The molecule has 0 unspecified atom stereocenters. The van der Waals surface area contributed by atoms with Crippen LogP contribution in [0, 0.1) is 6.07 Å². The largest absolute Gasteiger partial charge is 0.0651 e. The van der Waals surface area contributed by atoms with Crippen molar-refractivity contribution in [2.24, 2.45) is 0 Å². The molecule has 2 aromatic rings. The maximum Gasteiger partial charge on any atom is -0.000686 e. The summed E-state index contributed by atoms with van der Waals surface area (Å²) in [6.07, 6.45) is 15.8. The first kappa shape index (κ1) is 24.1. The average Bonchev–Trinajstić information content (AvgIpc) is 3.11. The molecule has 0 bridgehead atoms. The molecule has 0 aliphatic heterocycles. The van der Waals surface area contributed by atoms with Crippen molar-refractivity contribution in [3.05, 3.63) is 56.6 Å². The van der Waals surface area contributed by atoms with Gasteiger partial charge in [0.1, 0.15) is 0 Å². The molecule has 0 spiro atoms. The number of rotatable bonds is 12. The molecule has 3 rings (SSSR count). The minimum Gasteiger partial charge on any atom is -0.0651 e. The van der Waals surface area contributed by atoms with Crippen LogP contribution in [-0.2, 0) is 44.9 Å². The lowest BCUT2D eigenvalue weighted by Gasteiger charge is -2.23. The molecule has 0 atom stereocenters. The van der Waals surface area contributed by atoms with E-state index < -0.39 is 0 Å². The Morgan fingerprint density at radius 2 is 1.10 bits per heavy atom. The van der Waals surface area contributed by atoms with Gasteiger partial charge in [0, 0.05) is 0 Å². The van der Waals surface area contributed by atoms with Gasteiger partial charge in [-0.3, -0.25) is 0 Å². The predicted molar refractivity (Wildman–Crippen MR) is 137 cm³/mol. The van der Waals surface area contributed by atoms with Crippen molar-refractivity contribution in [3.8, 4) is 11.1 Å². The second-order valence-electron chi connectivity index (χ2n) is 9.62. The topological polar surface area (TPSA) is 0 Å². The fraction of sp³-hybridized carbons (Fsp3) is 0.613. The Morgan fingerprint density at radius 3 is 1.68 bits per heavy atom. The average molecular weight is 418 g/mol. The minimum absolute atomic E-state index is 1.10. The third-order valence-electron chi connectivity index (χ3n) is 6.99. The Labute approximate surface area is 192 Å². The van der Waals surface area contributed by atoms with Gasteiger partial charge in [0.25, 0.3) is 0 Å². The van der Waals surface area contributed by atoms with E-state index in [1.165, 1.54) is 88.2 Å². The van der Waals surface area contributed by atoms with Gasteiger partial charge in [0.05, 0.1) is 0 Å². The van der Waals surface area contributed by atoms with E-state index in [2.05, 4.69) is 53.7 Å². The van der Waals surface area contributed by atoms with Crippen molar-refractivity contribution < 1.29 is 0 Å². The SMILES string of the molecule is CCCc1[c]c2c(c(CCC)c1CCC)-c1c(cc(CCC)c(CCC)c1CCC)C2. The van der Waals surface area contributed by atoms with Crippen LogP contribution in [0.4, 0.5) is 0 Å². The fourth-order valence-electron chi connectivity index (χ4n) is 5.94. The zero-order valence-electron chi connectivity index (χ0n) is 21.3. The third-order valence-corrected chi connectivity index (χ3v) is 6.99. The van der Waals surface area contributed by atoms with Gasteiger partial charge < -0.3 is 0 Å². The highest BCUT2D eigenvalue weighted by molar-refractivity contribution is 5.85. The summed E-state index contributed by atoms with van der Waals surface area (Å²) in [4.78, 5) is 0. The van der Waals surface area contributed by atoms with Gasteiger partial charge in [-0.1, -0.05) is 86.1 Å². The van der Waals surface area contributed by atoms with E-state index in [4.69, 9.17) is 0 Å². The van der Waals surface area contributed by atoms with Crippen molar-refractivity contribution >= 4 is 0 Å². The maximum atomic E-state index is 4.00. The van der Waals surface area contributed by atoms with E-state index in [1.807, 2.05) is 0 Å². The second-order valence-corrected chi connectivity index (χ2v) is 9.62.